The van der Waals surface area contributed by atoms with E-state index in [4.69, 9.17) is 0 Å². The van der Waals surface area contributed by atoms with Crippen LogP contribution in [0.5, 0.6) is 0 Å². The van der Waals surface area contributed by atoms with Gasteiger partial charge in [-0.2, -0.15) is 0 Å². The number of nitrogens with zero attached hydrogens (tertiary/aromatic N) is 1. The van der Waals surface area contributed by atoms with Crippen LogP contribution in [0.25, 0.3) is 0 Å². The first-order valence-corrected chi connectivity index (χ1v) is 4.47. The van der Waals surface area contributed by atoms with Gasteiger partial charge in [-0.3, -0.25) is 4.99 Å². The Bertz CT molecular complexity index is 207. The van der Waals surface area contributed by atoms with Gasteiger partial charge in [-0.25, -0.2) is 8.78 Å². The molecule has 0 aliphatic heterocycles. The van der Waals surface area contributed by atoms with Crippen molar-refractivity contribution in [1.29, 1.82) is 0 Å². The summed E-state index contributed by atoms with van der Waals surface area (Å²) in [6, 6.07) is 0. The fraction of sp³-hybridized carbons (Fsp3) is 0.700. The molecule has 0 saturated heterocycles. The fourth-order valence-corrected chi connectivity index (χ4v) is 1.03. The Balaban J connectivity index is 4.78. The molecule has 0 saturated carbocycles. The molecule has 0 aromatic rings. The van der Waals surface area contributed by atoms with Crippen molar-refractivity contribution in [1.82, 2.24) is 0 Å². The third-order valence-corrected chi connectivity index (χ3v) is 2.20. The van der Waals surface area contributed by atoms with E-state index in [1.807, 2.05) is 0 Å². The smallest absolute Gasteiger partial charge is 0.276 e. The van der Waals surface area contributed by atoms with Gasteiger partial charge in [0, 0.05) is 24.8 Å². The first-order chi connectivity index (χ1) is 6.00. The summed E-state index contributed by atoms with van der Waals surface area (Å²) in [5.41, 5.74) is 0.00403. The Morgan fingerprint density at radius 2 is 2.08 bits per heavy atom. The summed E-state index contributed by atoms with van der Waals surface area (Å²) in [6.45, 7) is 4.91. The van der Waals surface area contributed by atoms with Crippen molar-refractivity contribution in [2.45, 2.75) is 33.1 Å². The van der Waals surface area contributed by atoms with E-state index in [-0.39, 0.29) is 5.57 Å². The lowest BCUT2D eigenvalue weighted by Crippen LogP contribution is -2.28. The van der Waals surface area contributed by atoms with Gasteiger partial charge in [-0.15, -0.1) is 0 Å². The molecular weight excluding hydrogens is 172 g/mol. The predicted octanol–water partition coefficient (Wildman–Crippen LogP) is 3.31. The van der Waals surface area contributed by atoms with Crippen LogP contribution in [0.3, 0.4) is 0 Å². The molecule has 0 bridgehead atoms. The van der Waals surface area contributed by atoms with Crippen molar-refractivity contribution in [3.8, 4) is 0 Å². The van der Waals surface area contributed by atoms with Gasteiger partial charge in [-0.05, 0) is 13.3 Å². The molecule has 0 heterocycles. The van der Waals surface area contributed by atoms with Gasteiger partial charge in [0.1, 0.15) is 0 Å². The summed E-state index contributed by atoms with van der Waals surface area (Å²) in [7, 11) is 1.50. The van der Waals surface area contributed by atoms with Crippen LogP contribution >= 0.6 is 0 Å². The minimum atomic E-state index is -2.76. The average Bonchev–Trinajstić information content (AvgIpc) is 2.12. The predicted molar refractivity (Wildman–Crippen MR) is 52.6 cm³/mol. The van der Waals surface area contributed by atoms with Gasteiger partial charge in [-0.1, -0.05) is 19.9 Å². The molecule has 0 fully saturated rings. The molecule has 0 amide bonds. The molecule has 0 aromatic heterocycles. The molecule has 1 atom stereocenters. The van der Waals surface area contributed by atoms with Crippen LogP contribution in [0.1, 0.15) is 27.2 Å². The zero-order chi connectivity index (χ0) is 10.5. The van der Waals surface area contributed by atoms with Gasteiger partial charge in [0.15, 0.2) is 0 Å². The monoisotopic (exact) mass is 189 g/mol. The molecule has 1 unspecified atom stereocenters. The molecule has 0 aliphatic carbocycles. The number of rotatable bonds is 4. The first-order valence-electron chi connectivity index (χ1n) is 4.47. The van der Waals surface area contributed by atoms with E-state index in [1.165, 1.54) is 19.3 Å². The number of allylic oxidation sites excluding steroid dienone is 2. The number of alkyl halides is 2. The van der Waals surface area contributed by atoms with Crippen molar-refractivity contribution < 1.29 is 8.78 Å². The fourth-order valence-electron chi connectivity index (χ4n) is 1.03. The summed E-state index contributed by atoms with van der Waals surface area (Å²) in [4.78, 5) is 3.62. The molecule has 3 heteroatoms. The quantitative estimate of drug-likeness (QED) is 0.601. The topological polar surface area (TPSA) is 12.4 Å². The summed E-state index contributed by atoms with van der Waals surface area (Å²) in [6.07, 6.45) is 3.10. The molecule has 13 heavy (non-hydrogen) atoms. The second-order valence-electron chi connectivity index (χ2n) is 3.06. The zero-order valence-corrected chi connectivity index (χ0v) is 8.64. The van der Waals surface area contributed by atoms with Crippen molar-refractivity contribution in [3.05, 3.63) is 11.6 Å². The molecule has 0 spiro atoms. The van der Waals surface area contributed by atoms with Crippen LogP contribution in [-0.4, -0.2) is 19.2 Å². The van der Waals surface area contributed by atoms with Gasteiger partial charge < -0.3 is 0 Å². The highest BCUT2D eigenvalue weighted by Crippen LogP contribution is 2.33. The standard InChI is InChI=1S/C10H17F2N/c1-5-8(3)10(11,12)9(6-2)7-13-4/h6-8H,5H2,1-4H3/b9-6+,13-7?. The average molecular weight is 189 g/mol. The van der Waals surface area contributed by atoms with Crippen molar-refractivity contribution >= 4 is 6.21 Å². The maximum atomic E-state index is 13.5. The van der Waals surface area contributed by atoms with Crippen LogP contribution < -0.4 is 0 Å². The molecule has 0 radical (unpaired) electrons. The third-order valence-electron chi connectivity index (χ3n) is 2.20. The largest absolute Gasteiger partial charge is 0.296 e. The van der Waals surface area contributed by atoms with Gasteiger partial charge >= 0.3 is 0 Å². The molecule has 76 valence electrons. The number of aliphatic imine (C=N–C) groups is 1. The number of hydrogen-bond donors (Lipinski definition) is 0. The molecule has 0 aromatic carbocycles. The van der Waals surface area contributed by atoms with E-state index in [1.54, 1.807) is 20.8 Å². The maximum absolute atomic E-state index is 13.5. The van der Waals surface area contributed by atoms with Crippen LogP contribution in [-0.2, 0) is 0 Å². The van der Waals surface area contributed by atoms with Crippen LogP contribution in [0.2, 0.25) is 0 Å². The zero-order valence-electron chi connectivity index (χ0n) is 8.64. The van der Waals surface area contributed by atoms with Crippen molar-refractivity contribution in [2.75, 3.05) is 7.05 Å². The van der Waals surface area contributed by atoms with Crippen molar-refractivity contribution in [3.63, 3.8) is 0 Å². The van der Waals surface area contributed by atoms with Gasteiger partial charge in [0.05, 0.1) is 0 Å². The minimum Gasteiger partial charge on any atom is -0.296 e. The molecule has 0 N–H and O–H groups in total. The molecular formula is C10H17F2N. The molecule has 0 aliphatic rings. The highest BCUT2D eigenvalue weighted by atomic mass is 19.3. The first kappa shape index (κ1) is 12.3. The second kappa shape index (κ2) is 5.10. The van der Waals surface area contributed by atoms with Crippen LogP contribution in [0.4, 0.5) is 8.78 Å². The van der Waals surface area contributed by atoms with E-state index >= 15 is 0 Å². The van der Waals surface area contributed by atoms with E-state index in [0.717, 1.165) is 0 Å². The van der Waals surface area contributed by atoms with E-state index < -0.39 is 11.8 Å². The Morgan fingerprint density at radius 3 is 2.38 bits per heavy atom. The van der Waals surface area contributed by atoms with Gasteiger partial charge in [0.2, 0.25) is 0 Å². The lowest BCUT2D eigenvalue weighted by atomic mass is 9.94. The SMILES string of the molecule is C/C=C(\C=NC)C(F)(F)C(C)CC. The van der Waals surface area contributed by atoms with Crippen molar-refractivity contribution in [2.24, 2.45) is 10.9 Å². The summed E-state index contributed by atoms with van der Waals surface area (Å²) in [5, 5.41) is 0. The Hall–Kier alpha value is -0.730. The lowest BCUT2D eigenvalue weighted by molar-refractivity contribution is -0.00893. The summed E-state index contributed by atoms with van der Waals surface area (Å²) >= 11 is 0. The minimum absolute atomic E-state index is 0.00403. The van der Waals surface area contributed by atoms with E-state index in [2.05, 4.69) is 4.99 Å². The highest BCUT2D eigenvalue weighted by Gasteiger charge is 2.37. The van der Waals surface area contributed by atoms with E-state index in [0.29, 0.717) is 6.42 Å². The number of halogens is 2. The number of hydrogen-bond acceptors (Lipinski definition) is 1. The Kier molecular flexibility index (Phi) is 4.81. The normalized spacial score (nSPS) is 16.6. The second-order valence-corrected chi connectivity index (χ2v) is 3.06. The third kappa shape index (κ3) is 2.90. The summed E-state index contributed by atoms with van der Waals surface area (Å²) in [5.74, 6) is -3.40. The molecule has 0 rings (SSSR count). The highest BCUT2D eigenvalue weighted by molar-refractivity contribution is 5.80. The Morgan fingerprint density at radius 1 is 1.54 bits per heavy atom. The summed E-state index contributed by atoms with van der Waals surface area (Å²) < 4.78 is 27.0. The van der Waals surface area contributed by atoms with Gasteiger partial charge in [0.25, 0.3) is 5.92 Å². The lowest BCUT2D eigenvalue weighted by Gasteiger charge is -2.23. The Labute approximate surface area is 78.6 Å². The molecule has 1 nitrogen and oxygen atoms in total. The van der Waals surface area contributed by atoms with E-state index in [9.17, 15) is 8.78 Å². The van der Waals surface area contributed by atoms with Crippen LogP contribution in [0.15, 0.2) is 16.6 Å². The maximum Gasteiger partial charge on any atom is 0.276 e. The van der Waals surface area contributed by atoms with Crippen LogP contribution in [0, 0.1) is 5.92 Å².